The van der Waals surface area contributed by atoms with Crippen LogP contribution in [0.5, 0.6) is 0 Å². The van der Waals surface area contributed by atoms with Crippen LogP contribution in [-0.2, 0) is 19.2 Å². The molecule has 0 rings (SSSR count). The van der Waals surface area contributed by atoms with Gasteiger partial charge in [-0.25, -0.2) is 0 Å². The van der Waals surface area contributed by atoms with Gasteiger partial charge in [0.25, 0.3) is 0 Å². The Hall–Kier alpha value is -3.92. The van der Waals surface area contributed by atoms with Gasteiger partial charge in [0.15, 0.2) is 0 Å². The number of carboxylic acid groups (broad SMARTS) is 4. The summed E-state index contributed by atoms with van der Waals surface area (Å²) < 4.78 is 0. The van der Waals surface area contributed by atoms with Crippen LogP contribution < -0.4 is 0 Å². The zero-order valence-corrected chi connectivity index (χ0v) is 59.8. The van der Waals surface area contributed by atoms with E-state index in [-0.39, 0.29) is 26.4 Å². The van der Waals surface area contributed by atoms with Crippen LogP contribution >= 0.6 is 0 Å². The molecule has 0 heterocycles. The van der Waals surface area contributed by atoms with Gasteiger partial charge < -0.3 is 51.1 Å². The van der Waals surface area contributed by atoms with E-state index >= 15 is 0 Å². The van der Waals surface area contributed by atoms with Gasteiger partial charge in [-0.2, -0.15) is 0 Å². The molecule has 0 radical (unpaired) electrons. The van der Waals surface area contributed by atoms with Crippen molar-refractivity contribution in [2.45, 2.75) is 374 Å². The van der Waals surface area contributed by atoms with E-state index in [4.69, 9.17) is 51.1 Å². The minimum atomic E-state index is -0.954. The maximum absolute atomic E-state index is 10.3. The van der Waals surface area contributed by atoms with Crippen LogP contribution in [0.2, 0.25) is 0 Å². The van der Waals surface area contributed by atoms with Gasteiger partial charge in [-0.15, -0.1) is 0 Å². The van der Waals surface area contributed by atoms with Gasteiger partial charge in [0.2, 0.25) is 0 Å². The highest BCUT2D eigenvalue weighted by Crippen LogP contribution is 2.14. The Balaban J connectivity index is -0.000000252. The third-order valence-corrected chi connectivity index (χ3v) is 14.8. The van der Waals surface area contributed by atoms with Crippen LogP contribution in [0.15, 0.2) is 72.9 Å². The highest BCUT2D eigenvalue weighted by molar-refractivity contribution is 5.67. The highest BCUT2D eigenvalue weighted by Gasteiger charge is 2.00. The van der Waals surface area contributed by atoms with Gasteiger partial charge in [0.05, 0.1) is 26.4 Å². The van der Waals surface area contributed by atoms with E-state index in [1.54, 1.807) is 0 Å². The molecule has 544 valence electrons. The second-order valence-electron chi connectivity index (χ2n) is 24.2. The van der Waals surface area contributed by atoms with Crippen molar-refractivity contribution in [3.05, 3.63) is 72.9 Å². The van der Waals surface area contributed by atoms with Crippen molar-refractivity contribution in [2.24, 2.45) is 0 Å². The van der Waals surface area contributed by atoms with Gasteiger partial charge >= 0.3 is 23.9 Å². The number of hydrogen-bond acceptors (Lipinski definition) is 10. The molecule has 0 spiro atoms. The van der Waals surface area contributed by atoms with Gasteiger partial charge in [0, 0.05) is 25.7 Å². The monoisotopic (exact) mass is 1310 g/mol. The van der Waals surface area contributed by atoms with Crippen LogP contribution in [0.4, 0.5) is 0 Å². The topological polar surface area (TPSA) is 271 Å². The summed E-state index contributed by atoms with van der Waals surface area (Å²) in [6, 6.07) is 0. The van der Waals surface area contributed by atoms with Crippen molar-refractivity contribution in [3.63, 3.8) is 0 Å². The molecule has 10 N–H and O–H groups in total. The second kappa shape index (κ2) is 95.8. The quantitative estimate of drug-likeness (QED) is 0.0200. The molecule has 0 aliphatic heterocycles. The molecule has 0 fully saturated rings. The number of aliphatic carboxylic acids is 4. The van der Waals surface area contributed by atoms with Gasteiger partial charge in [-0.3, -0.25) is 19.2 Å². The van der Waals surface area contributed by atoms with E-state index in [1.165, 1.54) is 231 Å². The average molecular weight is 1310 g/mol. The standard InChI is InChI=1S/2C18H34O2.2C18H32O2.2C3H8O3/c4*1-2-3-4-5-6-7-8-9-10-11-12-13-14-15-16-17-18(19)20;2*4-1-3(6)2-5/h2*9-10H,2-8,11-17H2,1H3,(H,19,20);2*6-7,9-10H,2-5,8,11-17H2,1H3,(H,19,20);2*3-6H,1-2H2/b2*10-9-;2*7-6-,10-9-;;. The SMILES string of the molecule is CCCCC/C=C\C/C=C\CCCCCCCC(=O)O.CCCCC/C=C\C/C=C\CCCCCCCC(=O)O.CCCCCCCC/C=C\CCCCCCCC(=O)O.CCCCCCCC/C=C\CCCCCCCC(=O)O.OCC(O)CO.OCC(O)CO. The van der Waals surface area contributed by atoms with Crippen molar-refractivity contribution >= 4 is 23.9 Å². The Morgan fingerprint density at radius 1 is 0.228 bits per heavy atom. The molecule has 0 aromatic heterocycles. The first-order valence-corrected chi connectivity index (χ1v) is 37.3. The maximum atomic E-state index is 10.3. The minimum Gasteiger partial charge on any atom is -0.481 e. The molecule has 0 aliphatic carbocycles. The third kappa shape index (κ3) is 120. The van der Waals surface area contributed by atoms with Crippen molar-refractivity contribution in [2.75, 3.05) is 26.4 Å². The second-order valence-corrected chi connectivity index (χ2v) is 24.2. The fourth-order valence-electron chi connectivity index (χ4n) is 8.98. The zero-order chi connectivity index (χ0) is 69.5. The van der Waals surface area contributed by atoms with Crippen molar-refractivity contribution in [1.29, 1.82) is 0 Å². The number of aliphatic hydroxyl groups is 6. The predicted octanol–water partition coefficient (Wildman–Crippen LogP) is 20.6. The normalized spacial score (nSPS) is 11.3. The number of unbranched alkanes of at least 4 members (excludes halogenated alkanes) is 38. The molecule has 92 heavy (non-hydrogen) atoms. The summed E-state index contributed by atoms with van der Waals surface area (Å²) in [7, 11) is 0. The highest BCUT2D eigenvalue weighted by atomic mass is 16.4. The first kappa shape index (κ1) is 99.1. The van der Waals surface area contributed by atoms with Gasteiger partial charge in [0.1, 0.15) is 12.2 Å². The molecule has 14 heteroatoms. The number of allylic oxidation sites excluding steroid dienone is 12. The molecule has 0 saturated heterocycles. The Labute approximate surface area is 564 Å². The summed E-state index contributed by atoms with van der Waals surface area (Å²) in [5, 5.41) is 82.1. The molecule has 0 bridgehead atoms. The Morgan fingerprint density at radius 2 is 0.370 bits per heavy atom. The van der Waals surface area contributed by atoms with E-state index < -0.39 is 36.1 Å². The Kier molecular flexibility index (Phi) is 103. The summed E-state index contributed by atoms with van der Waals surface area (Å²) >= 11 is 0. The van der Waals surface area contributed by atoms with Crippen molar-refractivity contribution in [1.82, 2.24) is 0 Å². The molecular weight excluding hydrogens is 1160 g/mol. The Morgan fingerprint density at radius 3 is 0.533 bits per heavy atom. The molecule has 0 unspecified atom stereocenters. The molecule has 0 aromatic carbocycles. The van der Waals surface area contributed by atoms with Gasteiger partial charge in [-0.1, -0.05) is 268 Å². The molecule has 0 atom stereocenters. The smallest absolute Gasteiger partial charge is 0.303 e. The van der Waals surface area contributed by atoms with Crippen molar-refractivity contribution < 1.29 is 70.2 Å². The van der Waals surface area contributed by atoms with Crippen molar-refractivity contribution in [3.8, 4) is 0 Å². The fraction of sp³-hybridized carbons (Fsp3) is 0.795. The van der Waals surface area contributed by atoms with E-state index in [0.29, 0.717) is 25.7 Å². The first-order valence-electron chi connectivity index (χ1n) is 37.3. The lowest BCUT2D eigenvalue weighted by atomic mass is 10.1. The predicted molar refractivity (Wildman–Crippen MR) is 389 cm³/mol. The van der Waals surface area contributed by atoms with Crippen LogP contribution in [0.3, 0.4) is 0 Å². The number of hydrogen-bond donors (Lipinski definition) is 10. The third-order valence-electron chi connectivity index (χ3n) is 14.8. The lowest BCUT2D eigenvalue weighted by molar-refractivity contribution is -0.138. The maximum Gasteiger partial charge on any atom is 0.303 e. The van der Waals surface area contributed by atoms with E-state index in [9.17, 15) is 19.2 Å². The van der Waals surface area contributed by atoms with Crippen LogP contribution in [-0.4, -0.2) is 114 Å². The Bertz CT molecular complexity index is 1480. The summed E-state index contributed by atoms with van der Waals surface area (Å²) in [5.74, 6) is -2.67. The van der Waals surface area contributed by atoms with E-state index in [2.05, 4.69) is 101 Å². The van der Waals surface area contributed by atoms with Crippen LogP contribution in [0.25, 0.3) is 0 Å². The number of rotatable bonds is 62. The lowest BCUT2D eigenvalue weighted by Gasteiger charge is -1.99. The lowest BCUT2D eigenvalue weighted by Crippen LogP contribution is -2.15. The first-order chi connectivity index (χ1) is 44.7. The molecular formula is C78H148O14. The largest absolute Gasteiger partial charge is 0.481 e. The van der Waals surface area contributed by atoms with Crippen LogP contribution in [0.1, 0.15) is 362 Å². The van der Waals surface area contributed by atoms with E-state index in [0.717, 1.165) is 77.0 Å². The average Bonchev–Trinajstić information content (AvgIpc) is 3.55. The number of aliphatic hydroxyl groups excluding tert-OH is 6. The van der Waals surface area contributed by atoms with Crippen LogP contribution in [0, 0.1) is 0 Å². The molecule has 0 amide bonds. The summed E-state index contributed by atoms with van der Waals surface area (Å²) in [5.41, 5.74) is 0. The van der Waals surface area contributed by atoms with Gasteiger partial charge in [-0.05, 0) is 141 Å². The summed E-state index contributed by atoms with van der Waals surface area (Å²) in [4.78, 5) is 41.3. The minimum absolute atomic E-state index is 0.324. The number of carbonyl (C=O) groups is 4. The molecule has 0 saturated carbocycles. The number of carboxylic acids is 4. The summed E-state index contributed by atoms with van der Waals surface area (Å²) in [6.45, 7) is 7.53. The molecule has 0 aliphatic rings. The fourth-order valence-corrected chi connectivity index (χ4v) is 8.98. The molecule has 0 aromatic rings. The zero-order valence-electron chi connectivity index (χ0n) is 59.8. The molecule has 14 nitrogen and oxygen atoms in total. The van der Waals surface area contributed by atoms with E-state index in [1.807, 2.05) is 0 Å². The summed E-state index contributed by atoms with van der Waals surface area (Å²) in [6.07, 6.45) is 85.1.